The van der Waals surface area contributed by atoms with Crippen LogP contribution in [0.4, 0.5) is 5.95 Å². The Morgan fingerprint density at radius 1 is 1.00 bits per heavy atom. The fourth-order valence-electron chi connectivity index (χ4n) is 4.52. The molecule has 32 heavy (non-hydrogen) atoms. The van der Waals surface area contributed by atoms with Gasteiger partial charge in [0.2, 0.25) is 11.9 Å². The molecule has 2 fully saturated rings. The number of hydrogen-bond donors (Lipinski definition) is 0. The smallest absolute Gasteiger partial charge is 0.272 e. The van der Waals surface area contributed by atoms with Gasteiger partial charge in [0.15, 0.2) is 0 Å². The summed E-state index contributed by atoms with van der Waals surface area (Å²) in [7, 11) is 1.62. The van der Waals surface area contributed by atoms with E-state index in [1.165, 1.54) is 6.42 Å². The van der Waals surface area contributed by atoms with Gasteiger partial charge in [-0.1, -0.05) is 12.1 Å². The summed E-state index contributed by atoms with van der Waals surface area (Å²) in [5.41, 5.74) is 2.19. The highest BCUT2D eigenvalue weighted by molar-refractivity contribution is 5.93. The predicted octanol–water partition coefficient (Wildman–Crippen LogP) is 2.83. The summed E-state index contributed by atoms with van der Waals surface area (Å²) in [6.45, 7) is 6.72. The molecule has 2 amide bonds. The Hall–Kier alpha value is -3.16. The van der Waals surface area contributed by atoms with Gasteiger partial charge < -0.3 is 19.4 Å². The lowest BCUT2D eigenvalue weighted by Crippen LogP contribution is -2.52. The van der Waals surface area contributed by atoms with Crippen molar-refractivity contribution >= 4 is 17.8 Å². The maximum absolute atomic E-state index is 13.4. The Bertz CT molecular complexity index is 972. The van der Waals surface area contributed by atoms with Crippen LogP contribution in [0.25, 0.3) is 0 Å². The van der Waals surface area contributed by atoms with Crippen molar-refractivity contribution in [1.82, 2.24) is 19.8 Å². The lowest BCUT2D eigenvalue weighted by molar-refractivity contribution is -0.133. The maximum Gasteiger partial charge on any atom is 0.272 e. The largest absolute Gasteiger partial charge is 0.497 e. The van der Waals surface area contributed by atoms with Crippen molar-refractivity contribution in [3.63, 3.8) is 0 Å². The number of methoxy groups -OCH3 is 1. The molecular weight excluding hydrogens is 406 g/mol. The molecule has 170 valence electrons. The fraction of sp³-hybridized carbons (Fsp3) is 0.500. The van der Waals surface area contributed by atoms with Crippen LogP contribution in [-0.4, -0.2) is 71.4 Å². The van der Waals surface area contributed by atoms with E-state index in [9.17, 15) is 9.59 Å². The summed E-state index contributed by atoms with van der Waals surface area (Å²) in [6, 6.07) is 9.23. The van der Waals surface area contributed by atoms with Crippen LogP contribution < -0.4 is 9.64 Å². The third-order valence-electron chi connectivity index (χ3n) is 6.27. The highest BCUT2D eigenvalue weighted by atomic mass is 16.5. The molecule has 1 atom stereocenters. The lowest BCUT2D eigenvalue weighted by Gasteiger charge is -2.41. The average Bonchev–Trinajstić information content (AvgIpc) is 2.83. The van der Waals surface area contributed by atoms with Crippen LogP contribution >= 0.6 is 0 Å². The third-order valence-corrected chi connectivity index (χ3v) is 6.27. The van der Waals surface area contributed by atoms with Crippen LogP contribution in [0.3, 0.4) is 0 Å². The van der Waals surface area contributed by atoms with Crippen molar-refractivity contribution in [2.45, 2.75) is 39.2 Å². The first-order valence-electron chi connectivity index (χ1n) is 11.3. The van der Waals surface area contributed by atoms with E-state index >= 15 is 0 Å². The Morgan fingerprint density at radius 3 is 2.38 bits per heavy atom. The van der Waals surface area contributed by atoms with Gasteiger partial charge in [0.25, 0.3) is 5.91 Å². The second kappa shape index (κ2) is 9.54. The quantitative estimate of drug-likeness (QED) is 0.732. The summed E-state index contributed by atoms with van der Waals surface area (Å²) in [4.78, 5) is 40.7. The molecule has 0 radical (unpaired) electrons. The lowest BCUT2D eigenvalue weighted by atomic mass is 10.0. The monoisotopic (exact) mass is 437 g/mol. The zero-order valence-electron chi connectivity index (χ0n) is 19.1. The minimum Gasteiger partial charge on any atom is -0.497 e. The van der Waals surface area contributed by atoms with Crippen molar-refractivity contribution < 1.29 is 14.3 Å². The Labute approximate surface area is 189 Å². The van der Waals surface area contributed by atoms with Gasteiger partial charge >= 0.3 is 0 Å². The van der Waals surface area contributed by atoms with Gasteiger partial charge in [-0.3, -0.25) is 9.59 Å². The first kappa shape index (κ1) is 22.0. The molecular formula is C24H31N5O3. The van der Waals surface area contributed by atoms with Crippen LogP contribution in [0.1, 0.15) is 54.0 Å². The Balaban J connectivity index is 1.57. The number of rotatable bonds is 4. The molecule has 2 aliphatic rings. The van der Waals surface area contributed by atoms with Gasteiger partial charge in [-0.05, 0) is 49.9 Å². The van der Waals surface area contributed by atoms with Gasteiger partial charge in [-0.2, -0.15) is 0 Å². The summed E-state index contributed by atoms with van der Waals surface area (Å²) in [5, 5.41) is 0. The van der Waals surface area contributed by atoms with E-state index in [0.29, 0.717) is 31.3 Å². The number of carbonyl (C=O) groups is 2. The molecule has 0 aliphatic carbocycles. The topological polar surface area (TPSA) is 78.9 Å². The first-order valence-corrected chi connectivity index (χ1v) is 11.3. The van der Waals surface area contributed by atoms with Gasteiger partial charge in [0, 0.05) is 45.3 Å². The molecule has 2 aromatic rings. The van der Waals surface area contributed by atoms with Gasteiger partial charge in [-0.15, -0.1) is 0 Å². The van der Waals surface area contributed by atoms with Crippen LogP contribution in [0.15, 0.2) is 30.3 Å². The van der Waals surface area contributed by atoms with Crippen LogP contribution in [-0.2, 0) is 4.79 Å². The molecule has 8 heteroatoms. The number of nitrogens with zero attached hydrogens (tertiary/aromatic N) is 5. The number of benzene rings is 1. The van der Waals surface area contributed by atoms with Crippen LogP contribution in [0.5, 0.6) is 5.75 Å². The normalized spacial score (nSPS) is 19.1. The molecule has 0 N–H and O–H groups in total. The Morgan fingerprint density at radius 2 is 1.72 bits per heavy atom. The molecule has 0 bridgehead atoms. The number of ether oxygens (including phenoxy) is 1. The van der Waals surface area contributed by atoms with E-state index in [4.69, 9.17) is 4.74 Å². The molecule has 4 rings (SSSR count). The number of anilines is 1. The number of aryl methyl sites for hydroxylation is 1. The zero-order valence-corrected chi connectivity index (χ0v) is 19.1. The van der Waals surface area contributed by atoms with Crippen molar-refractivity contribution in [2.75, 3.05) is 44.7 Å². The molecule has 2 saturated heterocycles. The van der Waals surface area contributed by atoms with E-state index in [0.717, 1.165) is 42.9 Å². The number of amides is 2. The maximum atomic E-state index is 13.4. The second-order valence-electron chi connectivity index (χ2n) is 8.49. The van der Waals surface area contributed by atoms with Crippen molar-refractivity contribution in [3.05, 3.63) is 47.3 Å². The highest BCUT2D eigenvalue weighted by Gasteiger charge is 2.33. The Kier molecular flexibility index (Phi) is 6.58. The minimum atomic E-state index is -0.208. The van der Waals surface area contributed by atoms with E-state index in [1.807, 2.05) is 36.1 Å². The van der Waals surface area contributed by atoms with E-state index in [-0.39, 0.29) is 17.9 Å². The van der Waals surface area contributed by atoms with Crippen LogP contribution in [0.2, 0.25) is 0 Å². The minimum absolute atomic E-state index is 0.00295. The van der Waals surface area contributed by atoms with Crippen molar-refractivity contribution in [3.8, 4) is 5.75 Å². The fourth-order valence-corrected chi connectivity index (χ4v) is 4.52. The molecule has 1 aromatic heterocycles. The van der Waals surface area contributed by atoms with E-state index in [2.05, 4.69) is 14.9 Å². The summed E-state index contributed by atoms with van der Waals surface area (Å²) in [5.74, 6) is 1.29. The van der Waals surface area contributed by atoms with Gasteiger partial charge in [0.05, 0.1) is 13.2 Å². The molecule has 0 spiro atoms. The summed E-state index contributed by atoms with van der Waals surface area (Å²) < 4.78 is 5.26. The first-order chi connectivity index (χ1) is 15.5. The average molecular weight is 438 g/mol. The number of hydrogen-bond acceptors (Lipinski definition) is 6. The van der Waals surface area contributed by atoms with E-state index < -0.39 is 0 Å². The number of carbonyl (C=O) groups excluding carboxylic acids is 2. The molecule has 2 aliphatic heterocycles. The number of piperazine rings is 1. The SMILES string of the molecule is COc1ccc(C2CN(C(=O)c3cc(C)nc(N4CCCCC4)n3)CCN2C(C)=O)cc1. The van der Waals surface area contributed by atoms with Crippen molar-refractivity contribution in [2.24, 2.45) is 0 Å². The molecule has 3 heterocycles. The van der Waals surface area contributed by atoms with Crippen molar-refractivity contribution in [1.29, 1.82) is 0 Å². The summed E-state index contributed by atoms with van der Waals surface area (Å²) >= 11 is 0. The predicted molar refractivity (Wildman–Crippen MR) is 122 cm³/mol. The number of aromatic nitrogens is 2. The molecule has 1 aromatic carbocycles. The molecule has 0 saturated carbocycles. The number of piperidine rings is 1. The summed E-state index contributed by atoms with van der Waals surface area (Å²) in [6.07, 6.45) is 3.47. The van der Waals surface area contributed by atoms with E-state index in [1.54, 1.807) is 25.0 Å². The molecule has 1 unspecified atom stereocenters. The van der Waals surface area contributed by atoms with Gasteiger partial charge in [0.1, 0.15) is 11.4 Å². The molecule has 8 nitrogen and oxygen atoms in total. The second-order valence-corrected chi connectivity index (χ2v) is 8.49. The third kappa shape index (κ3) is 4.69. The van der Waals surface area contributed by atoms with Gasteiger partial charge in [-0.25, -0.2) is 9.97 Å². The van der Waals surface area contributed by atoms with Crippen LogP contribution in [0, 0.1) is 6.92 Å². The standard InChI is InChI=1S/C24H31N5O3/c1-17-15-21(26-24(25-17)27-11-5-4-6-12-27)23(31)28-13-14-29(18(2)30)22(16-28)19-7-9-20(32-3)10-8-19/h7-10,15,22H,4-6,11-14,16H2,1-3H3. The highest BCUT2D eigenvalue weighted by Crippen LogP contribution is 2.28. The zero-order chi connectivity index (χ0) is 22.7.